The number of carbonyl (C=O) groups excluding carboxylic acids is 1. The van der Waals surface area contributed by atoms with E-state index in [0.717, 1.165) is 12.8 Å². The van der Waals surface area contributed by atoms with Crippen molar-refractivity contribution in [2.24, 2.45) is 11.7 Å². The number of amides is 1. The molecule has 0 aromatic carbocycles. The summed E-state index contributed by atoms with van der Waals surface area (Å²) in [5, 5.41) is 2.58. The molecule has 1 amide bonds. The summed E-state index contributed by atoms with van der Waals surface area (Å²) in [6.07, 6.45) is 1.89. The monoisotopic (exact) mass is 144 g/mol. The molecule has 1 atom stereocenters. The van der Waals surface area contributed by atoms with E-state index in [1.807, 2.05) is 6.92 Å². The highest BCUT2D eigenvalue weighted by Crippen LogP contribution is 2.03. The smallest absolute Gasteiger partial charge is 0.224 e. The second-order valence-corrected chi connectivity index (χ2v) is 2.34. The van der Waals surface area contributed by atoms with Crippen molar-refractivity contribution < 1.29 is 4.79 Å². The fourth-order valence-electron chi connectivity index (χ4n) is 0.909. The molecule has 0 aromatic heterocycles. The summed E-state index contributed by atoms with van der Waals surface area (Å²) in [6.45, 7) is 2.50. The lowest BCUT2D eigenvalue weighted by Gasteiger charge is -2.10. The maximum atomic E-state index is 10.9. The third-order valence-corrected chi connectivity index (χ3v) is 1.54. The van der Waals surface area contributed by atoms with Crippen molar-refractivity contribution in [2.75, 3.05) is 13.6 Å². The van der Waals surface area contributed by atoms with E-state index in [9.17, 15) is 4.79 Å². The molecule has 0 heterocycles. The number of rotatable bonds is 4. The lowest BCUT2D eigenvalue weighted by Crippen LogP contribution is -2.32. The summed E-state index contributed by atoms with van der Waals surface area (Å²) < 4.78 is 0. The molecule has 0 aromatic rings. The van der Waals surface area contributed by atoms with Crippen LogP contribution in [0.5, 0.6) is 0 Å². The Hall–Kier alpha value is -0.570. The van der Waals surface area contributed by atoms with Crippen LogP contribution in [0.2, 0.25) is 0 Å². The van der Waals surface area contributed by atoms with Gasteiger partial charge < -0.3 is 11.1 Å². The second-order valence-electron chi connectivity index (χ2n) is 2.34. The van der Waals surface area contributed by atoms with E-state index < -0.39 is 0 Å². The second kappa shape index (κ2) is 5.23. The van der Waals surface area contributed by atoms with Gasteiger partial charge in [-0.2, -0.15) is 0 Å². The Balaban J connectivity index is 3.68. The van der Waals surface area contributed by atoms with Gasteiger partial charge in [0.2, 0.25) is 5.91 Å². The van der Waals surface area contributed by atoms with Gasteiger partial charge in [-0.1, -0.05) is 13.3 Å². The van der Waals surface area contributed by atoms with Gasteiger partial charge in [-0.3, -0.25) is 4.79 Å². The van der Waals surface area contributed by atoms with Crippen LogP contribution in [0.4, 0.5) is 0 Å². The maximum Gasteiger partial charge on any atom is 0.224 e. The fourth-order valence-corrected chi connectivity index (χ4v) is 0.909. The lowest BCUT2D eigenvalue weighted by molar-refractivity contribution is -0.124. The highest BCUT2D eigenvalue weighted by atomic mass is 16.1. The molecule has 1 unspecified atom stereocenters. The Morgan fingerprint density at radius 1 is 1.70 bits per heavy atom. The first-order chi connectivity index (χ1) is 4.76. The molecule has 3 nitrogen and oxygen atoms in total. The van der Waals surface area contributed by atoms with Crippen molar-refractivity contribution in [3.8, 4) is 0 Å². The molecular formula is C7H16N2O. The van der Waals surface area contributed by atoms with E-state index in [1.165, 1.54) is 0 Å². The van der Waals surface area contributed by atoms with E-state index in [0.29, 0.717) is 6.54 Å². The molecule has 0 saturated heterocycles. The Morgan fingerprint density at radius 2 is 2.30 bits per heavy atom. The minimum atomic E-state index is 0.00926. The van der Waals surface area contributed by atoms with Crippen LogP contribution < -0.4 is 11.1 Å². The van der Waals surface area contributed by atoms with Crippen molar-refractivity contribution in [1.82, 2.24) is 5.32 Å². The topological polar surface area (TPSA) is 55.1 Å². The van der Waals surface area contributed by atoms with Crippen LogP contribution in [-0.4, -0.2) is 19.5 Å². The molecule has 0 aliphatic carbocycles. The van der Waals surface area contributed by atoms with Gasteiger partial charge in [-0.05, 0) is 6.42 Å². The average molecular weight is 144 g/mol. The van der Waals surface area contributed by atoms with Crippen molar-refractivity contribution in [3.05, 3.63) is 0 Å². The van der Waals surface area contributed by atoms with Crippen molar-refractivity contribution in [1.29, 1.82) is 0 Å². The summed E-state index contributed by atoms with van der Waals surface area (Å²) in [6, 6.07) is 0. The van der Waals surface area contributed by atoms with E-state index in [1.54, 1.807) is 7.05 Å². The summed E-state index contributed by atoms with van der Waals surface area (Å²) in [7, 11) is 1.64. The Bertz CT molecular complexity index is 104. The first-order valence-electron chi connectivity index (χ1n) is 3.67. The van der Waals surface area contributed by atoms with Gasteiger partial charge in [0.25, 0.3) is 0 Å². The van der Waals surface area contributed by atoms with Crippen LogP contribution in [-0.2, 0) is 4.79 Å². The first-order valence-corrected chi connectivity index (χ1v) is 3.67. The van der Waals surface area contributed by atoms with Crippen molar-refractivity contribution >= 4 is 5.91 Å². The van der Waals surface area contributed by atoms with Gasteiger partial charge in [0, 0.05) is 13.6 Å². The molecule has 3 heteroatoms. The van der Waals surface area contributed by atoms with Gasteiger partial charge in [0.15, 0.2) is 0 Å². The SMILES string of the molecule is CCCC(CN)C(=O)NC. The summed E-state index contributed by atoms with van der Waals surface area (Å²) in [4.78, 5) is 10.9. The standard InChI is InChI=1S/C7H16N2O/c1-3-4-6(5-8)7(10)9-2/h6H,3-5,8H2,1-2H3,(H,9,10). The highest BCUT2D eigenvalue weighted by Gasteiger charge is 2.12. The Labute approximate surface area is 62.0 Å². The molecule has 0 rings (SSSR count). The molecule has 0 aliphatic heterocycles. The molecule has 60 valence electrons. The summed E-state index contributed by atoms with van der Waals surface area (Å²) >= 11 is 0. The molecule has 0 spiro atoms. The normalized spacial score (nSPS) is 12.7. The van der Waals surface area contributed by atoms with E-state index >= 15 is 0 Å². The number of hydrogen-bond donors (Lipinski definition) is 2. The highest BCUT2D eigenvalue weighted by molar-refractivity contribution is 5.78. The molecule has 0 radical (unpaired) electrons. The van der Waals surface area contributed by atoms with Gasteiger partial charge in [0.1, 0.15) is 0 Å². The van der Waals surface area contributed by atoms with Crippen LogP contribution in [0.3, 0.4) is 0 Å². The maximum absolute atomic E-state index is 10.9. The third kappa shape index (κ3) is 2.82. The van der Waals surface area contributed by atoms with E-state index in [-0.39, 0.29) is 11.8 Å². The van der Waals surface area contributed by atoms with Crippen LogP contribution in [0, 0.1) is 5.92 Å². The summed E-state index contributed by atoms with van der Waals surface area (Å²) in [5.74, 6) is 0.0688. The van der Waals surface area contributed by atoms with Crippen molar-refractivity contribution in [3.63, 3.8) is 0 Å². The zero-order valence-corrected chi connectivity index (χ0v) is 6.68. The minimum absolute atomic E-state index is 0.00926. The van der Waals surface area contributed by atoms with E-state index in [2.05, 4.69) is 5.32 Å². The molecule has 0 aliphatic rings. The molecular weight excluding hydrogens is 128 g/mol. The third-order valence-electron chi connectivity index (χ3n) is 1.54. The molecule has 0 saturated carbocycles. The van der Waals surface area contributed by atoms with Crippen LogP contribution in [0.15, 0.2) is 0 Å². The number of nitrogens with one attached hydrogen (secondary N) is 1. The van der Waals surface area contributed by atoms with Crippen LogP contribution in [0.25, 0.3) is 0 Å². The number of hydrogen-bond acceptors (Lipinski definition) is 2. The van der Waals surface area contributed by atoms with E-state index in [4.69, 9.17) is 5.73 Å². The van der Waals surface area contributed by atoms with Crippen molar-refractivity contribution in [2.45, 2.75) is 19.8 Å². The minimum Gasteiger partial charge on any atom is -0.359 e. The Kier molecular flexibility index (Phi) is 4.94. The predicted octanol–water partition coefficient (Wildman–Crippen LogP) is 0.107. The molecule has 0 fully saturated rings. The first kappa shape index (κ1) is 9.43. The zero-order valence-electron chi connectivity index (χ0n) is 6.68. The fraction of sp³-hybridized carbons (Fsp3) is 0.857. The number of carbonyl (C=O) groups is 1. The lowest BCUT2D eigenvalue weighted by atomic mass is 10.0. The van der Waals surface area contributed by atoms with Gasteiger partial charge in [0.05, 0.1) is 5.92 Å². The van der Waals surface area contributed by atoms with Gasteiger partial charge in [-0.25, -0.2) is 0 Å². The van der Waals surface area contributed by atoms with Crippen LogP contribution in [0.1, 0.15) is 19.8 Å². The van der Waals surface area contributed by atoms with Gasteiger partial charge >= 0.3 is 0 Å². The molecule has 10 heavy (non-hydrogen) atoms. The number of nitrogens with two attached hydrogens (primary N) is 1. The Morgan fingerprint density at radius 3 is 2.60 bits per heavy atom. The largest absolute Gasteiger partial charge is 0.359 e. The van der Waals surface area contributed by atoms with Gasteiger partial charge in [-0.15, -0.1) is 0 Å². The predicted molar refractivity (Wildman–Crippen MR) is 41.5 cm³/mol. The average Bonchev–Trinajstić information content (AvgIpc) is 1.99. The quantitative estimate of drug-likeness (QED) is 0.588. The van der Waals surface area contributed by atoms with Crippen LogP contribution >= 0.6 is 0 Å². The molecule has 0 bridgehead atoms. The summed E-state index contributed by atoms with van der Waals surface area (Å²) in [5.41, 5.74) is 5.37. The molecule has 3 N–H and O–H groups in total. The zero-order chi connectivity index (χ0) is 7.98.